The summed E-state index contributed by atoms with van der Waals surface area (Å²) in [4.78, 5) is 13.7. The third-order valence-corrected chi connectivity index (χ3v) is 5.99. The number of carbonyl (C=O) groups excluding carboxylic acids is 1. The summed E-state index contributed by atoms with van der Waals surface area (Å²) in [6, 6.07) is 19.4. The summed E-state index contributed by atoms with van der Waals surface area (Å²) in [6.45, 7) is 1.79. The van der Waals surface area contributed by atoms with E-state index in [4.69, 9.17) is 4.74 Å². The average molecular weight is 450 g/mol. The number of rotatable bonds is 5. The van der Waals surface area contributed by atoms with Gasteiger partial charge < -0.3 is 4.74 Å². The lowest BCUT2D eigenvalue weighted by Gasteiger charge is -2.10. The number of hydrogen-bond acceptors (Lipinski definition) is 3. The van der Waals surface area contributed by atoms with Gasteiger partial charge in [0.1, 0.15) is 17.2 Å². The standard InChI is InChI=1S/C26H17F3O2S/c1-2-5-17-8-12-19(13-9-17)23(30)25-24(21-6-3-4-7-22(21)32-25)31-16-18-10-14-20(15-11-18)26(27,28)29/h3-4,6-15H,16H2,1H3. The van der Waals surface area contributed by atoms with Crippen molar-refractivity contribution in [2.75, 3.05) is 0 Å². The Morgan fingerprint density at radius 1 is 0.969 bits per heavy atom. The van der Waals surface area contributed by atoms with Crippen molar-refractivity contribution >= 4 is 27.2 Å². The third kappa shape index (κ3) is 4.53. The second-order valence-corrected chi connectivity index (χ2v) is 8.07. The van der Waals surface area contributed by atoms with Crippen molar-refractivity contribution in [2.45, 2.75) is 19.7 Å². The first-order valence-electron chi connectivity index (χ1n) is 9.75. The number of alkyl halides is 3. The van der Waals surface area contributed by atoms with Crippen LogP contribution in [0.4, 0.5) is 13.2 Å². The van der Waals surface area contributed by atoms with E-state index in [0.717, 1.165) is 27.8 Å². The zero-order valence-electron chi connectivity index (χ0n) is 17.0. The summed E-state index contributed by atoms with van der Waals surface area (Å²) in [5.74, 6) is 6.03. The second-order valence-electron chi connectivity index (χ2n) is 7.02. The number of thiophene rings is 1. The molecule has 0 spiro atoms. The molecule has 1 aromatic heterocycles. The molecule has 0 fully saturated rings. The van der Waals surface area contributed by atoms with Gasteiger partial charge in [-0.1, -0.05) is 30.2 Å². The summed E-state index contributed by atoms with van der Waals surface area (Å²) in [5.41, 5.74) is 1.19. The Morgan fingerprint density at radius 3 is 2.31 bits per heavy atom. The van der Waals surface area contributed by atoms with Gasteiger partial charge >= 0.3 is 6.18 Å². The number of benzene rings is 3. The molecule has 0 bridgehead atoms. The van der Waals surface area contributed by atoms with Gasteiger partial charge in [-0.05, 0) is 61.0 Å². The molecule has 2 nitrogen and oxygen atoms in total. The number of ketones is 1. The lowest BCUT2D eigenvalue weighted by Crippen LogP contribution is -2.06. The highest BCUT2D eigenvalue weighted by Gasteiger charge is 2.30. The molecule has 0 N–H and O–H groups in total. The van der Waals surface area contributed by atoms with Gasteiger partial charge in [0.2, 0.25) is 5.78 Å². The number of halogens is 3. The summed E-state index contributed by atoms with van der Waals surface area (Å²) >= 11 is 1.33. The molecular formula is C26H17F3O2S. The summed E-state index contributed by atoms with van der Waals surface area (Å²) in [6.07, 6.45) is -4.39. The zero-order valence-corrected chi connectivity index (χ0v) is 17.8. The molecular weight excluding hydrogens is 433 g/mol. The summed E-state index contributed by atoms with van der Waals surface area (Å²) in [5, 5.41) is 0.793. The Morgan fingerprint density at radius 2 is 1.66 bits per heavy atom. The highest BCUT2D eigenvalue weighted by molar-refractivity contribution is 7.21. The van der Waals surface area contributed by atoms with Crippen molar-refractivity contribution in [3.05, 3.63) is 99.9 Å². The van der Waals surface area contributed by atoms with Gasteiger partial charge in [0.25, 0.3) is 0 Å². The van der Waals surface area contributed by atoms with E-state index < -0.39 is 11.7 Å². The molecule has 160 valence electrons. The third-order valence-electron chi connectivity index (χ3n) is 4.84. The fourth-order valence-corrected chi connectivity index (χ4v) is 4.35. The van der Waals surface area contributed by atoms with Crippen LogP contribution in [0.5, 0.6) is 5.75 Å². The van der Waals surface area contributed by atoms with Crippen molar-refractivity contribution in [3.8, 4) is 17.6 Å². The monoisotopic (exact) mass is 450 g/mol. The van der Waals surface area contributed by atoms with Crippen LogP contribution in [0.3, 0.4) is 0 Å². The van der Waals surface area contributed by atoms with Gasteiger partial charge in [-0.3, -0.25) is 4.79 Å². The Labute approximate surface area is 187 Å². The van der Waals surface area contributed by atoms with Gasteiger partial charge in [-0.15, -0.1) is 17.3 Å². The molecule has 0 aliphatic rings. The van der Waals surface area contributed by atoms with Crippen LogP contribution in [0.1, 0.15) is 38.8 Å². The maximum absolute atomic E-state index is 13.2. The number of hydrogen-bond donors (Lipinski definition) is 0. The molecule has 0 aliphatic carbocycles. The molecule has 4 aromatic rings. The summed E-state index contributed by atoms with van der Waals surface area (Å²) < 4.78 is 45.3. The average Bonchev–Trinajstić information content (AvgIpc) is 3.16. The van der Waals surface area contributed by atoms with E-state index in [-0.39, 0.29) is 12.4 Å². The molecule has 6 heteroatoms. The van der Waals surface area contributed by atoms with E-state index in [9.17, 15) is 18.0 Å². The van der Waals surface area contributed by atoms with Crippen LogP contribution < -0.4 is 4.74 Å². The molecule has 0 saturated carbocycles. The normalized spacial score (nSPS) is 11.1. The quantitative estimate of drug-likeness (QED) is 0.239. The second kappa shape index (κ2) is 8.89. The van der Waals surface area contributed by atoms with Gasteiger partial charge in [0.05, 0.1) is 5.56 Å². The maximum Gasteiger partial charge on any atom is 0.416 e. The molecule has 0 radical (unpaired) electrons. The van der Waals surface area contributed by atoms with Crippen LogP contribution in [0.2, 0.25) is 0 Å². The Bertz CT molecular complexity index is 1320. The zero-order chi connectivity index (χ0) is 22.7. The van der Waals surface area contributed by atoms with Crippen molar-refractivity contribution in [1.82, 2.24) is 0 Å². The SMILES string of the molecule is CC#Cc1ccc(C(=O)c2sc3ccccc3c2OCc2ccc(C(F)(F)F)cc2)cc1. The Kier molecular flexibility index (Phi) is 6.02. The smallest absolute Gasteiger partial charge is 0.416 e. The molecule has 0 atom stereocenters. The fourth-order valence-electron chi connectivity index (χ4n) is 3.24. The number of ether oxygens (including phenoxy) is 1. The largest absolute Gasteiger partial charge is 0.487 e. The van der Waals surface area contributed by atoms with E-state index in [1.807, 2.05) is 24.3 Å². The van der Waals surface area contributed by atoms with Crippen LogP contribution in [-0.2, 0) is 12.8 Å². The van der Waals surface area contributed by atoms with Crippen LogP contribution in [0.25, 0.3) is 10.1 Å². The molecule has 0 unspecified atom stereocenters. The number of fused-ring (bicyclic) bond motifs is 1. The molecule has 0 saturated heterocycles. The van der Waals surface area contributed by atoms with Gasteiger partial charge in [0.15, 0.2) is 0 Å². The predicted molar refractivity (Wildman–Crippen MR) is 120 cm³/mol. The highest BCUT2D eigenvalue weighted by atomic mass is 32.1. The van der Waals surface area contributed by atoms with E-state index >= 15 is 0 Å². The maximum atomic E-state index is 13.2. The van der Waals surface area contributed by atoms with Crippen LogP contribution in [-0.4, -0.2) is 5.78 Å². The van der Waals surface area contributed by atoms with Gasteiger partial charge in [-0.2, -0.15) is 13.2 Å². The topological polar surface area (TPSA) is 26.3 Å². The van der Waals surface area contributed by atoms with Gasteiger partial charge in [0, 0.05) is 21.2 Å². The van der Waals surface area contributed by atoms with E-state index in [0.29, 0.717) is 21.8 Å². The first-order chi connectivity index (χ1) is 15.4. The predicted octanol–water partition coefficient (Wildman–Crippen LogP) is 7.10. The lowest BCUT2D eigenvalue weighted by molar-refractivity contribution is -0.137. The molecule has 3 aromatic carbocycles. The minimum atomic E-state index is -4.39. The van der Waals surface area contributed by atoms with E-state index in [1.54, 1.807) is 31.2 Å². The van der Waals surface area contributed by atoms with Gasteiger partial charge in [-0.25, -0.2) is 0 Å². The number of carbonyl (C=O) groups is 1. The van der Waals surface area contributed by atoms with E-state index in [2.05, 4.69) is 11.8 Å². The van der Waals surface area contributed by atoms with Crippen molar-refractivity contribution in [2.24, 2.45) is 0 Å². The lowest BCUT2D eigenvalue weighted by atomic mass is 10.1. The minimum Gasteiger partial charge on any atom is -0.487 e. The molecule has 32 heavy (non-hydrogen) atoms. The van der Waals surface area contributed by atoms with Crippen molar-refractivity contribution in [3.63, 3.8) is 0 Å². The molecule has 0 amide bonds. The molecule has 4 rings (SSSR count). The highest BCUT2D eigenvalue weighted by Crippen LogP contribution is 2.39. The summed E-state index contributed by atoms with van der Waals surface area (Å²) in [7, 11) is 0. The fraction of sp³-hybridized carbons (Fsp3) is 0.115. The Hall–Kier alpha value is -3.56. The Balaban J connectivity index is 1.64. The van der Waals surface area contributed by atoms with E-state index in [1.165, 1.54) is 23.5 Å². The van der Waals surface area contributed by atoms with Crippen LogP contribution in [0.15, 0.2) is 72.8 Å². The first-order valence-corrected chi connectivity index (χ1v) is 10.6. The van der Waals surface area contributed by atoms with Crippen LogP contribution in [0, 0.1) is 11.8 Å². The molecule has 0 aliphatic heterocycles. The van der Waals surface area contributed by atoms with Crippen molar-refractivity contribution in [1.29, 1.82) is 0 Å². The van der Waals surface area contributed by atoms with Crippen LogP contribution >= 0.6 is 11.3 Å². The first kappa shape index (κ1) is 21.7. The minimum absolute atomic E-state index is 0.0458. The van der Waals surface area contributed by atoms with Crippen molar-refractivity contribution < 1.29 is 22.7 Å². The molecule has 1 heterocycles.